The lowest BCUT2D eigenvalue weighted by Crippen LogP contribution is -2.42. The summed E-state index contributed by atoms with van der Waals surface area (Å²) in [5, 5.41) is 6.30. The smallest absolute Gasteiger partial charge is 0.365 e. The van der Waals surface area contributed by atoms with Gasteiger partial charge in [-0.05, 0) is 74.6 Å². The number of imidazole rings is 1. The van der Waals surface area contributed by atoms with Crippen LogP contribution in [0.4, 0.5) is 29.7 Å². The highest BCUT2D eigenvalue weighted by Gasteiger charge is 2.34. The summed E-state index contributed by atoms with van der Waals surface area (Å²) in [6.45, 7) is 3.19. The number of hydrogen-bond acceptors (Lipinski definition) is 8. The van der Waals surface area contributed by atoms with E-state index in [1.54, 1.807) is 0 Å². The molecule has 0 bridgehead atoms. The molecule has 2 aromatic carbocycles. The van der Waals surface area contributed by atoms with Crippen molar-refractivity contribution >= 4 is 29.0 Å². The van der Waals surface area contributed by atoms with Crippen LogP contribution < -0.4 is 21.0 Å². The van der Waals surface area contributed by atoms with Crippen molar-refractivity contribution in [1.82, 2.24) is 30.3 Å². The molecular weight excluding hydrogens is 597 g/mol. The van der Waals surface area contributed by atoms with E-state index in [2.05, 4.69) is 40.1 Å². The van der Waals surface area contributed by atoms with Crippen molar-refractivity contribution in [2.24, 2.45) is 5.92 Å². The first-order valence-electron chi connectivity index (χ1n) is 16.0. The number of alkyl halides is 3. The van der Waals surface area contributed by atoms with Gasteiger partial charge in [-0.1, -0.05) is 48.9 Å². The predicted molar refractivity (Wildman–Crippen MR) is 167 cm³/mol. The van der Waals surface area contributed by atoms with Crippen LogP contribution in [-0.2, 0) is 24.0 Å². The summed E-state index contributed by atoms with van der Waals surface area (Å²) in [5.41, 5.74) is 4.97. The molecule has 3 N–H and O–H groups in total. The molecule has 7 rings (SSSR count). The summed E-state index contributed by atoms with van der Waals surface area (Å²) in [6, 6.07) is 15.9. The molecule has 1 aliphatic carbocycles. The first-order chi connectivity index (χ1) is 22.2. The molecule has 2 saturated heterocycles. The molecule has 242 valence electrons. The number of aromatic nitrogens is 4. The molecule has 3 atom stereocenters. The maximum atomic E-state index is 13.4. The molecule has 3 aliphatic rings. The number of piperidine rings is 1. The Morgan fingerprint density at radius 3 is 2.43 bits per heavy atom. The van der Waals surface area contributed by atoms with Crippen molar-refractivity contribution in [1.29, 1.82) is 0 Å². The van der Waals surface area contributed by atoms with Crippen LogP contribution in [0.5, 0.6) is 0 Å². The van der Waals surface area contributed by atoms with Gasteiger partial charge in [-0.2, -0.15) is 18.2 Å². The van der Waals surface area contributed by atoms with Crippen LogP contribution in [0.15, 0.2) is 54.6 Å². The number of rotatable bonds is 9. The fraction of sp³-hybridized carbons (Fsp3) is 0.455. The van der Waals surface area contributed by atoms with Crippen molar-refractivity contribution in [2.45, 2.75) is 82.8 Å². The van der Waals surface area contributed by atoms with Crippen LogP contribution in [0.25, 0.3) is 11.2 Å². The fourth-order valence-corrected chi connectivity index (χ4v) is 6.66. The highest BCUT2D eigenvalue weighted by molar-refractivity contribution is 5.86. The number of hydrogen-bond donors (Lipinski definition) is 3. The second kappa shape index (κ2) is 12.4. The van der Waals surface area contributed by atoms with E-state index in [-0.39, 0.29) is 18.6 Å². The standard InChI is InChI=1S/C33H37F3N8O2/c1-20(23-10-7-11-23)37-27-26-28(39-29(38-27)30-41-32(45)46-42-30)40-31(44(26)19-22-13-15-24(16-14-22)33(34,35)36)43-17-6-5-12-25(43)18-21-8-3-2-4-9-21/h2-4,8-9,13-16,20,23,25,30,42H,5-7,10-12,17-19H2,1H3,(H,41,45)(H,37,38,39)/t20-,25?,30?/m1/s1. The normalized spacial score (nSPS) is 21.1. The quantitative estimate of drug-likeness (QED) is 0.196. The van der Waals surface area contributed by atoms with E-state index in [9.17, 15) is 18.0 Å². The van der Waals surface area contributed by atoms with Crippen molar-refractivity contribution in [3.8, 4) is 0 Å². The Morgan fingerprint density at radius 1 is 0.978 bits per heavy atom. The molecule has 1 saturated carbocycles. The van der Waals surface area contributed by atoms with Gasteiger partial charge < -0.3 is 19.6 Å². The zero-order chi connectivity index (χ0) is 31.8. The molecule has 2 aliphatic heterocycles. The molecule has 0 spiro atoms. The van der Waals surface area contributed by atoms with E-state index in [1.807, 2.05) is 22.8 Å². The molecule has 1 amide bonds. The highest BCUT2D eigenvalue weighted by atomic mass is 19.4. The molecule has 4 aromatic rings. The van der Waals surface area contributed by atoms with Gasteiger partial charge in [-0.15, -0.1) is 5.48 Å². The van der Waals surface area contributed by atoms with Gasteiger partial charge in [-0.3, -0.25) is 5.32 Å². The molecule has 13 heteroatoms. The number of carbonyl (C=O) groups excluding carboxylic acids is 1. The molecule has 46 heavy (non-hydrogen) atoms. The van der Waals surface area contributed by atoms with Crippen molar-refractivity contribution in [3.05, 3.63) is 77.1 Å². The maximum absolute atomic E-state index is 13.4. The Hall–Kier alpha value is -4.39. The molecule has 10 nitrogen and oxygen atoms in total. The van der Waals surface area contributed by atoms with Crippen LogP contribution in [0, 0.1) is 5.92 Å². The first kappa shape index (κ1) is 30.3. The van der Waals surface area contributed by atoms with Crippen molar-refractivity contribution in [2.75, 3.05) is 16.8 Å². The fourth-order valence-electron chi connectivity index (χ4n) is 6.66. The lowest BCUT2D eigenvalue weighted by atomic mass is 9.80. The Balaban J connectivity index is 1.35. The monoisotopic (exact) mass is 634 g/mol. The van der Waals surface area contributed by atoms with Gasteiger partial charge in [-0.25, -0.2) is 14.8 Å². The number of nitrogens with zero attached hydrogens (tertiary/aromatic N) is 5. The molecule has 2 aromatic heterocycles. The minimum atomic E-state index is -4.42. The van der Waals surface area contributed by atoms with E-state index in [0.29, 0.717) is 40.2 Å². The van der Waals surface area contributed by atoms with Gasteiger partial charge in [0.2, 0.25) is 5.95 Å². The minimum absolute atomic E-state index is 0.112. The highest BCUT2D eigenvalue weighted by Crippen LogP contribution is 2.36. The number of halogens is 3. The number of nitrogens with one attached hydrogen (secondary N) is 3. The lowest BCUT2D eigenvalue weighted by Gasteiger charge is -2.37. The van der Waals surface area contributed by atoms with Crippen LogP contribution in [0.1, 0.15) is 74.1 Å². The Morgan fingerprint density at radius 2 is 1.76 bits per heavy atom. The summed E-state index contributed by atoms with van der Waals surface area (Å²) in [5.74, 6) is 2.04. The van der Waals surface area contributed by atoms with Gasteiger partial charge >= 0.3 is 12.3 Å². The molecule has 2 unspecified atom stereocenters. The molecule has 3 fully saturated rings. The molecule has 4 heterocycles. The van der Waals surface area contributed by atoms with Crippen molar-refractivity contribution in [3.63, 3.8) is 0 Å². The minimum Gasteiger partial charge on any atom is -0.365 e. The number of anilines is 2. The third kappa shape index (κ3) is 6.20. The topological polar surface area (TPSA) is 109 Å². The average molecular weight is 635 g/mol. The third-order valence-corrected chi connectivity index (χ3v) is 9.43. The van der Waals surface area contributed by atoms with E-state index >= 15 is 0 Å². The summed E-state index contributed by atoms with van der Waals surface area (Å²) in [6.07, 6.45) is 1.51. The largest absolute Gasteiger partial charge is 0.427 e. The van der Waals surface area contributed by atoms with Gasteiger partial charge in [0.05, 0.1) is 12.1 Å². The second-order valence-corrected chi connectivity index (χ2v) is 12.5. The molecule has 0 radical (unpaired) electrons. The van der Waals surface area contributed by atoms with E-state index in [1.165, 1.54) is 24.1 Å². The number of hydroxylamine groups is 1. The third-order valence-electron chi connectivity index (χ3n) is 9.43. The summed E-state index contributed by atoms with van der Waals surface area (Å²) in [4.78, 5) is 33.9. The summed E-state index contributed by atoms with van der Waals surface area (Å²) < 4.78 is 42.3. The van der Waals surface area contributed by atoms with Gasteiger partial charge in [0.15, 0.2) is 23.5 Å². The van der Waals surface area contributed by atoms with Crippen LogP contribution in [-0.4, -0.2) is 44.2 Å². The van der Waals surface area contributed by atoms with Gasteiger partial charge in [0.1, 0.15) is 5.52 Å². The number of carbonyl (C=O) groups is 1. The second-order valence-electron chi connectivity index (χ2n) is 12.5. The van der Waals surface area contributed by atoms with E-state index in [0.717, 1.165) is 57.2 Å². The lowest BCUT2D eigenvalue weighted by molar-refractivity contribution is -0.137. The van der Waals surface area contributed by atoms with E-state index in [4.69, 9.17) is 19.8 Å². The van der Waals surface area contributed by atoms with Crippen LogP contribution >= 0.6 is 0 Å². The molecular formula is C33H37F3N8O2. The SMILES string of the molecule is C[C@@H](Nc1nc(C2NOC(=O)N2)nc2nc(N3CCCCC3Cc3ccccc3)n(Cc3ccc(C(F)(F)F)cc3)c12)C1CCC1. The van der Waals surface area contributed by atoms with Gasteiger partial charge in [0.25, 0.3) is 0 Å². The number of fused-ring (bicyclic) bond motifs is 1. The maximum Gasteiger partial charge on any atom is 0.427 e. The Kier molecular flexibility index (Phi) is 8.18. The summed E-state index contributed by atoms with van der Waals surface area (Å²) >= 11 is 0. The number of benzene rings is 2. The van der Waals surface area contributed by atoms with Gasteiger partial charge in [0, 0.05) is 18.6 Å². The predicted octanol–water partition coefficient (Wildman–Crippen LogP) is 6.34. The van der Waals surface area contributed by atoms with Crippen LogP contribution in [0.2, 0.25) is 0 Å². The summed E-state index contributed by atoms with van der Waals surface area (Å²) in [7, 11) is 0. The Bertz CT molecular complexity index is 1690. The van der Waals surface area contributed by atoms with Crippen LogP contribution in [0.3, 0.4) is 0 Å². The Labute approximate surface area is 264 Å². The number of amides is 1. The zero-order valence-corrected chi connectivity index (χ0v) is 25.6. The first-order valence-corrected chi connectivity index (χ1v) is 16.0. The average Bonchev–Trinajstić information content (AvgIpc) is 3.60. The zero-order valence-electron chi connectivity index (χ0n) is 25.6. The van der Waals surface area contributed by atoms with Crippen molar-refractivity contribution < 1.29 is 22.8 Å². The van der Waals surface area contributed by atoms with E-state index < -0.39 is 24.0 Å².